The molecule has 2 rings (SSSR count). The lowest BCUT2D eigenvalue weighted by Crippen LogP contribution is -2.24. The number of alkyl halides is 6. The third kappa shape index (κ3) is 3.22. The van der Waals surface area contributed by atoms with Gasteiger partial charge in [0.2, 0.25) is 0 Å². The van der Waals surface area contributed by atoms with Crippen LogP contribution in [0.25, 0.3) is 0 Å². The third-order valence-corrected chi connectivity index (χ3v) is 2.97. The maximum Gasteiger partial charge on any atom is 0.416 e. The number of ether oxygens (including phenoxy) is 1. The lowest BCUT2D eigenvalue weighted by molar-refractivity contribution is -0.143. The third-order valence-electron chi connectivity index (χ3n) is 2.97. The Morgan fingerprint density at radius 2 is 1.48 bits per heavy atom. The van der Waals surface area contributed by atoms with Crippen molar-refractivity contribution in [3.05, 3.63) is 34.9 Å². The van der Waals surface area contributed by atoms with Gasteiger partial charge in [-0.3, -0.25) is 0 Å². The summed E-state index contributed by atoms with van der Waals surface area (Å²) in [6, 6.07) is 0.396. The van der Waals surface area contributed by atoms with E-state index in [2.05, 4.69) is 5.32 Å². The van der Waals surface area contributed by atoms with Crippen molar-refractivity contribution >= 4 is 6.09 Å². The van der Waals surface area contributed by atoms with Crippen LogP contribution in [0.15, 0.2) is 18.2 Å². The van der Waals surface area contributed by atoms with Gasteiger partial charge < -0.3 is 10.1 Å². The monoisotopic (exact) mass is 313 g/mol. The molecule has 1 aliphatic heterocycles. The van der Waals surface area contributed by atoms with Gasteiger partial charge in [-0.1, -0.05) is 0 Å². The smallest absolute Gasteiger partial charge is 0.416 e. The van der Waals surface area contributed by atoms with Crippen LogP contribution < -0.4 is 5.32 Å². The first-order valence-corrected chi connectivity index (χ1v) is 5.75. The molecule has 21 heavy (non-hydrogen) atoms. The molecule has 3 nitrogen and oxygen atoms in total. The van der Waals surface area contributed by atoms with Gasteiger partial charge in [-0.05, 0) is 30.7 Å². The van der Waals surface area contributed by atoms with Gasteiger partial charge in [-0.25, -0.2) is 4.79 Å². The van der Waals surface area contributed by atoms with E-state index in [-0.39, 0.29) is 11.6 Å². The lowest BCUT2D eigenvalue weighted by atomic mass is 9.98. The summed E-state index contributed by atoms with van der Waals surface area (Å²) >= 11 is 0. The van der Waals surface area contributed by atoms with Crippen LogP contribution in [0.1, 0.15) is 29.7 Å². The number of carbonyl (C=O) groups is 1. The SMILES string of the molecule is C[C@H]1NC(=O)O[C@H]1c1cc(C(F)(F)F)cc(C(F)(F)F)c1. The van der Waals surface area contributed by atoms with Crippen LogP contribution in [0.3, 0.4) is 0 Å². The second-order valence-corrected chi connectivity index (χ2v) is 4.60. The Morgan fingerprint density at radius 1 is 1.00 bits per heavy atom. The number of carbonyl (C=O) groups excluding carboxylic acids is 1. The van der Waals surface area contributed by atoms with E-state index in [0.717, 1.165) is 0 Å². The van der Waals surface area contributed by atoms with Crippen LogP contribution >= 0.6 is 0 Å². The standard InChI is InChI=1S/C12H9F6NO2/c1-5-9(21-10(20)19-5)6-2-7(11(13,14)15)4-8(3-6)12(16,17)18/h2-5,9H,1H3,(H,19,20)/t5-,9-/m1/s1. The first-order valence-electron chi connectivity index (χ1n) is 5.75. The van der Waals surface area contributed by atoms with Crippen molar-refractivity contribution in [2.24, 2.45) is 0 Å². The molecular formula is C12H9F6NO2. The zero-order valence-corrected chi connectivity index (χ0v) is 10.5. The molecule has 0 radical (unpaired) electrons. The fraction of sp³-hybridized carbons (Fsp3) is 0.417. The molecule has 0 aromatic heterocycles. The first-order chi connectivity index (χ1) is 9.48. The molecule has 1 aliphatic rings. The van der Waals surface area contributed by atoms with Crippen molar-refractivity contribution in [3.63, 3.8) is 0 Å². The van der Waals surface area contributed by atoms with Crippen LogP contribution in [0.5, 0.6) is 0 Å². The summed E-state index contributed by atoms with van der Waals surface area (Å²) in [6.45, 7) is 1.42. The Labute approximate surface area is 114 Å². The van der Waals surface area contributed by atoms with Crippen LogP contribution in [0.4, 0.5) is 31.1 Å². The summed E-state index contributed by atoms with van der Waals surface area (Å²) in [5.41, 5.74) is -3.24. The van der Waals surface area contributed by atoms with Crippen LogP contribution in [-0.2, 0) is 17.1 Å². The number of benzene rings is 1. The Morgan fingerprint density at radius 3 is 1.81 bits per heavy atom. The number of nitrogens with one attached hydrogen (secondary N) is 1. The second-order valence-electron chi connectivity index (χ2n) is 4.60. The number of alkyl carbamates (subject to hydrolysis) is 1. The van der Waals surface area contributed by atoms with Crippen molar-refractivity contribution in [1.29, 1.82) is 0 Å². The maximum absolute atomic E-state index is 12.7. The highest BCUT2D eigenvalue weighted by molar-refractivity contribution is 5.70. The molecule has 0 spiro atoms. The number of cyclic esters (lactones) is 1. The predicted molar refractivity (Wildman–Crippen MR) is 58.3 cm³/mol. The van der Waals surface area contributed by atoms with E-state index < -0.39 is 41.7 Å². The minimum atomic E-state index is -4.94. The molecule has 1 saturated heterocycles. The fourth-order valence-corrected chi connectivity index (χ4v) is 2.01. The van der Waals surface area contributed by atoms with Crippen LogP contribution in [-0.4, -0.2) is 12.1 Å². The summed E-state index contributed by atoms with van der Waals surface area (Å²) in [4.78, 5) is 11.0. The molecule has 2 atom stereocenters. The Kier molecular flexibility index (Phi) is 3.54. The van der Waals surface area contributed by atoms with Crippen molar-refractivity contribution in [2.45, 2.75) is 31.4 Å². The first kappa shape index (κ1) is 15.5. The van der Waals surface area contributed by atoms with Crippen molar-refractivity contribution in [3.8, 4) is 0 Å². The molecule has 0 bridgehead atoms. The normalized spacial score (nSPS) is 22.9. The molecule has 0 saturated carbocycles. The molecule has 0 aliphatic carbocycles. The predicted octanol–water partition coefficient (Wildman–Crippen LogP) is 3.89. The molecule has 1 aromatic rings. The highest BCUT2D eigenvalue weighted by Crippen LogP contribution is 2.39. The zero-order chi connectivity index (χ0) is 16.0. The molecule has 1 heterocycles. The fourth-order valence-electron chi connectivity index (χ4n) is 2.01. The van der Waals surface area contributed by atoms with Gasteiger partial charge in [0, 0.05) is 0 Å². The van der Waals surface area contributed by atoms with E-state index >= 15 is 0 Å². The van der Waals surface area contributed by atoms with Crippen LogP contribution in [0.2, 0.25) is 0 Å². The number of amides is 1. The molecule has 1 fully saturated rings. The summed E-state index contributed by atoms with van der Waals surface area (Å²) in [5.74, 6) is 0. The van der Waals surface area contributed by atoms with Crippen molar-refractivity contribution < 1.29 is 35.9 Å². The largest absolute Gasteiger partial charge is 0.439 e. The quantitative estimate of drug-likeness (QED) is 0.799. The van der Waals surface area contributed by atoms with Crippen molar-refractivity contribution in [1.82, 2.24) is 5.32 Å². The minimum Gasteiger partial charge on any atom is -0.439 e. The van der Waals surface area contributed by atoms with E-state index in [1.807, 2.05) is 0 Å². The Bertz CT molecular complexity index is 534. The summed E-state index contributed by atoms with van der Waals surface area (Å²) in [6.07, 6.45) is -12.0. The summed E-state index contributed by atoms with van der Waals surface area (Å²) in [5, 5.41) is 2.26. The number of rotatable bonds is 1. The molecule has 0 unspecified atom stereocenters. The highest BCUT2D eigenvalue weighted by Gasteiger charge is 2.40. The average Bonchev–Trinajstić information content (AvgIpc) is 2.65. The van der Waals surface area contributed by atoms with Crippen LogP contribution in [0, 0.1) is 0 Å². The van der Waals surface area contributed by atoms with Gasteiger partial charge in [-0.15, -0.1) is 0 Å². The van der Waals surface area contributed by atoms with E-state index in [9.17, 15) is 31.1 Å². The maximum atomic E-state index is 12.7. The zero-order valence-electron chi connectivity index (χ0n) is 10.5. The summed E-state index contributed by atoms with van der Waals surface area (Å²) in [7, 11) is 0. The number of hydrogen-bond donors (Lipinski definition) is 1. The van der Waals surface area contributed by atoms with E-state index in [1.54, 1.807) is 0 Å². The van der Waals surface area contributed by atoms with Gasteiger partial charge in [0.25, 0.3) is 0 Å². The van der Waals surface area contributed by atoms with Gasteiger partial charge in [-0.2, -0.15) is 26.3 Å². The highest BCUT2D eigenvalue weighted by atomic mass is 19.4. The molecule has 9 heteroatoms. The van der Waals surface area contributed by atoms with E-state index in [4.69, 9.17) is 4.74 Å². The Balaban J connectivity index is 2.53. The van der Waals surface area contributed by atoms with E-state index in [1.165, 1.54) is 6.92 Å². The van der Waals surface area contributed by atoms with Gasteiger partial charge in [0.1, 0.15) is 6.10 Å². The van der Waals surface area contributed by atoms with E-state index in [0.29, 0.717) is 12.1 Å². The number of halogens is 6. The Hall–Kier alpha value is -1.93. The topological polar surface area (TPSA) is 38.3 Å². The summed E-state index contributed by atoms with van der Waals surface area (Å²) < 4.78 is 80.9. The second kappa shape index (κ2) is 4.81. The van der Waals surface area contributed by atoms with Gasteiger partial charge in [0.15, 0.2) is 0 Å². The number of hydrogen-bond acceptors (Lipinski definition) is 2. The van der Waals surface area contributed by atoms with Gasteiger partial charge in [0.05, 0.1) is 17.2 Å². The molecule has 116 valence electrons. The molecule has 1 aromatic carbocycles. The molecule has 1 amide bonds. The average molecular weight is 313 g/mol. The van der Waals surface area contributed by atoms with Crippen molar-refractivity contribution in [2.75, 3.05) is 0 Å². The lowest BCUT2D eigenvalue weighted by Gasteiger charge is -2.18. The van der Waals surface area contributed by atoms with Gasteiger partial charge >= 0.3 is 18.4 Å². The molecular weight excluding hydrogens is 304 g/mol. The molecule has 1 N–H and O–H groups in total. The minimum absolute atomic E-state index is 0.0262.